The topological polar surface area (TPSA) is 0 Å². The van der Waals surface area contributed by atoms with Crippen LogP contribution in [-0.2, 0) is 0 Å². The van der Waals surface area contributed by atoms with Crippen LogP contribution in [0.1, 0.15) is 40.0 Å². The van der Waals surface area contributed by atoms with Crippen LogP contribution in [0.25, 0.3) is 0 Å². The number of rotatable bonds is 3. The Morgan fingerprint density at radius 1 is 1.50 bits per heavy atom. The molecule has 0 bridgehead atoms. The Hall–Kier alpha value is -0.700. The van der Waals surface area contributed by atoms with Crippen molar-refractivity contribution in [2.45, 2.75) is 40.0 Å². The third-order valence-corrected chi connectivity index (χ3v) is 1.50. The van der Waals surface area contributed by atoms with E-state index in [-0.39, 0.29) is 0 Å². The van der Waals surface area contributed by atoms with E-state index in [9.17, 15) is 0 Å². The van der Waals surface area contributed by atoms with Gasteiger partial charge in [-0.2, -0.15) is 0 Å². The van der Waals surface area contributed by atoms with Crippen LogP contribution >= 0.6 is 0 Å². The number of allylic oxidation sites excluding steroid dienone is 2. The van der Waals surface area contributed by atoms with Gasteiger partial charge in [0.25, 0.3) is 0 Å². The first-order valence-electron chi connectivity index (χ1n) is 3.86. The number of hydrogen-bond acceptors (Lipinski definition) is 0. The fraction of sp³-hybridized carbons (Fsp3) is 0.600. The van der Waals surface area contributed by atoms with Gasteiger partial charge in [-0.05, 0) is 26.7 Å². The van der Waals surface area contributed by atoms with Crippen LogP contribution in [0.3, 0.4) is 0 Å². The van der Waals surface area contributed by atoms with Gasteiger partial charge in [-0.25, -0.2) is 0 Å². The van der Waals surface area contributed by atoms with Crippen molar-refractivity contribution in [3.05, 3.63) is 11.6 Å². The van der Waals surface area contributed by atoms with Crippen molar-refractivity contribution in [1.82, 2.24) is 0 Å². The highest BCUT2D eigenvalue weighted by atomic mass is 13.9. The molecule has 0 aromatic rings. The van der Waals surface area contributed by atoms with Crippen LogP contribution in [0.2, 0.25) is 0 Å². The molecule has 0 atom stereocenters. The molecule has 0 fully saturated rings. The molecule has 0 aromatic heterocycles. The molecule has 0 aliphatic heterocycles. The van der Waals surface area contributed by atoms with Crippen LogP contribution in [0.5, 0.6) is 0 Å². The fourth-order valence-corrected chi connectivity index (χ4v) is 0.660. The summed E-state index contributed by atoms with van der Waals surface area (Å²) in [6, 6.07) is 0. The smallest absolute Gasteiger partial charge is 0.0123 e. The molecular formula is C10H16. The van der Waals surface area contributed by atoms with Crippen LogP contribution in [0.4, 0.5) is 0 Å². The molecule has 0 unspecified atom stereocenters. The molecule has 56 valence electrons. The Kier molecular flexibility index (Phi) is 5.97. The third-order valence-electron chi connectivity index (χ3n) is 1.50. The first kappa shape index (κ1) is 9.30. The first-order chi connectivity index (χ1) is 4.81. The molecule has 0 amide bonds. The summed E-state index contributed by atoms with van der Waals surface area (Å²) in [5, 5.41) is 0. The van der Waals surface area contributed by atoms with E-state index in [4.69, 9.17) is 0 Å². The second-order valence-corrected chi connectivity index (χ2v) is 2.37. The summed E-state index contributed by atoms with van der Waals surface area (Å²) in [6.45, 7) is 6.23. The molecule has 0 heteroatoms. The van der Waals surface area contributed by atoms with Gasteiger partial charge >= 0.3 is 0 Å². The summed E-state index contributed by atoms with van der Waals surface area (Å²) in [7, 11) is 0. The van der Waals surface area contributed by atoms with E-state index in [1.165, 1.54) is 12.0 Å². The van der Waals surface area contributed by atoms with E-state index >= 15 is 0 Å². The summed E-state index contributed by atoms with van der Waals surface area (Å²) in [5.41, 5.74) is 1.47. The average molecular weight is 136 g/mol. The zero-order valence-corrected chi connectivity index (χ0v) is 7.20. The molecule has 0 nitrogen and oxygen atoms in total. The summed E-state index contributed by atoms with van der Waals surface area (Å²) in [5.74, 6) is 5.91. The van der Waals surface area contributed by atoms with Crippen molar-refractivity contribution in [3.63, 3.8) is 0 Å². The maximum atomic E-state index is 3.03. The van der Waals surface area contributed by atoms with E-state index in [1.54, 1.807) is 0 Å². The molecule has 10 heavy (non-hydrogen) atoms. The minimum Gasteiger partial charge on any atom is -0.107 e. The molecule has 0 N–H and O–H groups in total. The summed E-state index contributed by atoms with van der Waals surface area (Å²) in [4.78, 5) is 0. The van der Waals surface area contributed by atoms with Gasteiger partial charge in [0.15, 0.2) is 0 Å². The molecule has 0 heterocycles. The molecule has 0 saturated carbocycles. The maximum absolute atomic E-state index is 3.03. The Labute approximate surface area is 64.3 Å². The minimum absolute atomic E-state index is 1.01. The van der Waals surface area contributed by atoms with Crippen LogP contribution in [0.15, 0.2) is 11.6 Å². The van der Waals surface area contributed by atoms with Crippen molar-refractivity contribution in [1.29, 1.82) is 0 Å². The molecule has 0 aromatic carbocycles. The van der Waals surface area contributed by atoms with Gasteiger partial charge in [0.2, 0.25) is 0 Å². The van der Waals surface area contributed by atoms with Crippen LogP contribution in [-0.4, -0.2) is 0 Å². The predicted octanol–water partition coefficient (Wildman–Crippen LogP) is 3.15. The highest BCUT2D eigenvalue weighted by molar-refractivity contribution is 5.01. The van der Waals surface area contributed by atoms with Gasteiger partial charge in [0.05, 0.1) is 0 Å². The maximum Gasteiger partial charge on any atom is 0.0123 e. The number of hydrogen-bond donors (Lipinski definition) is 0. The summed E-state index contributed by atoms with van der Waals surface area (Å²) >= 11 is 0. The van der Waals surface area contributed by atoms with E-state index < -0.39 is 0 Å². The normalized spacial score (nSPS) is 10.5. The first-order valence-corrected chi connectivity index (χ1v) is 3.86. The Bertz CT molecular complexity index is 153. The van der Waals surface area contributed by atoms with E-state index in [0.717, 1.165) is 12.8 Å². The quantitative estimate of drug-likeness (QED) is 0.317. The van der Waals surface area contributed by atoms with Gasteiger partial charge in [0.1, 0.15) is 0 Å². The summed E-state index contributed by atoms with van der Waals surface area (Å²) < 4.78 is 0. The zero-order chi connectivity index (χ0) is 7.82. The summed E-state index contributed by atoms with van der Waals surface area (Å²) in [6.07, 6.45) is 5.55. The molecule has 0 saturated heterocycles. The lowest BCUT2D eigenvalue weighted by Gasteiger charge is -1.91. The third kappa shape index (κ3) is 5.44. The molecule has 0 aliphatic rings. The Balaban J connectivity index is 3.40. The van der Waals surface area contributed by atoms with Gasteiger partial charge in [-0.1, -0.05) is 18.6 Å². The van der Waals surface area contributed by atoms with Gasteiger partial charge in [-0.15, -0.1) is 11.8 Å². The Morgan fingerprint density at radius 2 is 2.20 bits per heavy atom. The van der Waals surface area contributed by atoms with Crippen molar-refractivity contribution in [2.75, 3.05) is 0 Å². The number of unbranched alkanes of at least 4 members (excludes halogenated alkanes) is 1. The van der Waals surface area contributed by atoms with Gasteiger partial charge in [0, 0.05) is 6.42 Å². The van der Waals surface area contributed by atoms with Crippen molar-refractivity contribution in [3.8, 4) is 11.8 Å². The Morgan fingerprint density at radius 3 is 2.70 bits per heavy atom. The zero-order valence-electron chi connectivity index (χ0n) is 7.20. The van der Waals surface area contributed by atoms with Crippen LogP contribution in [0, 0.1) is 11.8 Å². The van der Waals surface area contributed by atoms with Gasteiger partial charge < -0.3 is 0 Å². The monoisotopic (exact) mass is 136 g/mol. The molecule has 0 rings (SSSR count). The fourth-order valence-electron chi connectivity index (χ4n) is 0.660. The van der Waals surface area contributed by atoms with Crippen molar-refractivity contribution >= 4 is 0 Å². The lowest BCUT2D eigenvalue weighted by Crippen LogP contribution is -1.71. The van der Waals surface area contributed by atoms with E-state index in [0.29, 0.717) is 0 Å². The average Bonchev–Trinajstić information content (AvgIpc) is 1.98. The second kappa shape index (κ2) is 6.42. The minimum atomic E-state index is 1.01. The van der Waals surface area contributed by atoms with Crippen LogP contribution < -0.4 is 0 Å². The molecule has 0 spiro atoms. The lowest BCUT2D eigenvalue weighted by atomic mass is 10.2. The van der Waals surface area contributed by atoms with Crippen molar-refractivity contribution in [2.24, 2.45) is 0 Å². The highest BCUT2D eigenvalue weighted by Crippen LogP contribution is 2.00. The molecular weight excluding hydrogens is 120 g/mol. The second-order valence-electron chi connectivity index (χ2n) is 2.37. The van der Waals surface area contributed by atoms with E-state index in [2.05, 4.69) is 31.8 Å². The standard InChI is InChI=1S/C10H16/c1-4-6-7-8-9-10(3)5-2/h9H,5,7-8H2,1-3H3/b10-9+. The van der Waals surface area contributed by atoms with E-state index in [1.807, 2.05) is 6.92 Å². The highest BCUT2D eigenvalue weighted by Gasteiger charge is 1.81. The largest absolute Gasteiger partial charge is 0.107 e. The lowest BCUT2D eigenvalue weighted by molar-refractivity contribution is 1.01. The van der Waals surface area contributed by atoms with Crippen molar-refractivity contribution < 1.29 is 0 Å². The predicted molar refractivity (Wildman–Crippen MR) is 46.7 cm³/mol. The SMILES string of the molecule is CC#CCC/C=C(\C)CC. The molecule has 0 radical (unpaired) electrons. The van der Waals surface area contributed by atoms with Gasteiger partial charge in [-0.3, -0.25) is 0 Å². The molecule has 0 aliphatic carbocycles.